The molecule has 11 heteroatoms. The lowest BCUT2D eigenvalue weighted by Crippen LogP contribution is -2.40. The van der Waals surface area contributed by atoms with E-state index in [1.54, 1.807) is 24.1 Å². The number of phenols is 1. The van der Waals surface area contributed by atoms with Crippen LogP contribution >= 0.6 is 11.6 Å². The number of carbonyl (C=O) groups excluding carboxylic acids is 1. The number of phenolic OH excluding ortho intramolecular Hbond substituents is 1. The van der Waals surface area contributed by atoms with Gasteiger partial charge in [-0.3, -0.25) is 9.89 Å². The smallest absolute Gasteiger partial charge is 0.273 e. The molecule has 38 heavy (non-hydrogen) atoms. The number of carbonyl (C=O) groups is 1. The van der Waals surface area contributed by atoms with Crippen molar-refractivity contribution in [3.05, 3.63) is 58.2 Å². The Morgan fingerprint density at radius 3 is 2.71 bits per heavy atom. The molecule has 5 rings (SSSR count). The number of amides is 1. The van der Waals surface area contributed by atoms with Gasteiger partial charge in [0.2, 0.25) is 0 Å². The largest absolute Gasteiger partial charge is 0.507 e. The molecule has 3 aromatic rings. The highest BCUT2D eigenvalue weighted by Gasteiger charge is 2.48. The average molecular weight is 560 g/mol. The van der Waals surface area contributed by atoms with Crippen LogP contribution in [0, 0.1) is 0 Å². The van der Waals surface area contributed by atoms with E-state index in [9.17, 15) is 18.3 Å². The second-order valence-corrected chi connectivity index (χ2v) is 12.3. The summed E-state index contributed by atoms with van der Waals surface area (Å²) >= 11 is 6.23. The molecule has 2 aliphatic heterocycles. The lowest BCUT2D eigenvalue weighted by molar-refractivity contribution is 0.0677. The number of aromatic hydroxyl groups is 1. The lowest BCUT2D eigenvalue weighted by atomic mass is 9.94. The lowest BCUT2D eigenvalue weighted by Gasteiger charge is -2.31. The minimum atomic E-state index is -3.26. The molecule has 0 bridgehead atoms. The van der Waals surface area contributed by atoms with Gasteiger partial charge in [-0.1, -0.05) is 37.4 Å². The maximum atomic E-state index is 13.7. The van der Waals surface area contributed by atoms with Crippen LogP contribution in [0.3, 0.4) is 0 Å². The van der Waals surface area contributed by atoms with E-state index in [0.29, 0.717) is 51.9 Å². The second kappa shape index (κ2) is 10.5. The quantitative estimate of drug-likeness (QED) is 0.363. The van der Waals surface area contributed by atoms with Crippen LogP contribution in [0.5, 0.6) is 17.2 Å². The molecule has 2 aromatic carbocycles. The first-order valence-electron chi connectivity index (χ1n) is 12.6. The third-order valence-corrected chi connectivity index (χ3v) is 9.11. The highest BCUT2D eigenvalue weighted by atomic mass is 35.5. The average Bonchev–Trinajstić information content (AvgIpc) is 3.56. The summed E-state index contributed by atoms with van der Waals surface area (Å²) in [5.41, 5.74) is 2.27. The van der Waals surface area contributed by atoms with Crippen LogP contribution in [0.15, 0.2) is 36.4 Å². The van der Waals surface area contributed by atoms with Gasteiger partial charge in [-0.2, -0.15) is 5.10 Å². The van der Waals surface area contributed by atoms with E-state index < -0.39 is 21.9 Å². The number of rotatable bonds is 9. The van der Waals surface area contributed by atoms with Crippen LogP contribution in [0.2, 0.25) is 5.02 Å². The van der Waals surface area contributed by atoms with Gasteiger partial charge in [0.15, 0.2) is 21.3 Å². The molecule has 1 amide bonds. The van der Waals surface area contributed by atoms with E-state index >= 15 is 0 Å². The summed E-state index contributed by atoms with van der Waals surface area (Å²) in [4.78, 5) is 15.3. The highest BCUT2D eigenvalue weighted by molar-refractivity contribution is 7.91. The summed E-state index contributed by atoms with van der Waals surface area (Å²) in [5.74, 6) is 0.633. The second-order valence-electron chi connectivity index (χ2n) is 9.66. The third kappa shape index (κ3) is 4.82. The van der Waals surface area contributed by atoms with Crippen LogP contribution in [-0.2, 0) is 9.84 Å². The van der Waals surface area contributed by atoms with Crippen LogP contribution in [0.4, 0.5) is 0 Å². The molecule has 2 N–H and O–H groups in total. The molecule has 0 saturated carbocycles. The van der Waals surface area contributed by atoms with Gasteiger partial charge in [0, 0.05) is 22.2 Å². The van der Waals surface area contributed by atoms with Gasteiger partial charge in [-0.05, 0) is 48.7 Å². The molecule has 2 unspecified atom stereocenters. The van der Waals surface area contributed by atoms with Crippen molar-refractivity contribution < 1.29 is 27.8 Å². The van der Waals surface area contributed by atoms with Crippen LogP contribution in [0.1, 0.15) is 60.3 Å². The van der Waals surface area contributed by atoms with Crippen molar-refractivity contribution in [1.29, 1.82) is 0 Å². The normalized spacial score (nSPS) is 20.1. The number of methoxy groups -OCH3 is 1. The first-order chi connectivity index (χ1) is 18.2. The number of fused-ring (bicyclic) bond motifs is 1. The number of aromatic amines is 1. The maximum absolute atomic E-state index is 13.7. The van der Waals surface area contributed by atoms with Crippen LogP contribution < -0.4 is 9.47 Å². The van der Waals surface area contributed by atoms with Gasteiger partial charge in [0.05, 0.1) is 31.3 Å². The van der Waals surface area contributed by atoms with E-state index in [0.717, 1.165) is 19.3 Å². The van der Waals surface area contributed by atoms with Gasteiger partial charge in [0.1, 0.15) is 17.1 Å². The number of benzene rings is 2. The van der Waals surface area contributed by atoms with Crippen molar-refractivity contribution in [2.24, 2.45) is 0 Å². The van der Waals surface area contributed by atoms with E-state index in [1.165, 1.54) is 6.07 Å². The van der Waals surface area contributed by atoms with Crippen LogP contribution in [-0.4, -0.2) is 65.8 Å². The van der Waals surface area contributed by atoms with Gasteiger partial charge < -0.3 is 19.5 Å². The van der Waals surface area contributed by atoms with Gasteiger partial charge in [0.25, 0.3) is 5.91 Å². The monoisotopic (exact) mass is 559 g/mol. The molecular formula is C27H30ClN3O6S. The molecule has 202 valence electrons. The number of hydrogen-bond donors (Lipinski definition) is 2. The maximum Gasteiger partial charge on any atom is 0.273 e. The minimum absolute atomic E-state index is 0.0240. The number of aromatic nitrogens is 2. The number of nitrogens with zero attached hydrogens (tertiary/aromatic N) is 2. The molecule has 0 aliphatic carbocycles. The standard InChI is InChI=1S/C27H30ClN3O6S/c1-3-4-5-11-37-21-9-6-16(13-22(21)36-2)26-23-24(19-14-17(28)7-8-20(19)32)29-30-25(23)27(33)31(26)18-10-12-38(34,35)15-18/h6-9,13-14,18,26,32H,3-5,10-12,15H2,1-2H3,(H,29,30). The van der Waals surface area contributed by atoms with Crippen molar-refractivity contribution in [1.82, 2.24) is 15.1 Å². The predicted molar refractivity (Wildman–Crippen MR) is 144 cm³/mol. The number of hydrogen-bond acceptors (Lipinski definition) is 7. The summed E-state index contributed by atoms with van der Waals surface area (Å²) in [5, 5.41) is 18.2. The number of halogens is 1. The van der Waals surface area contributed by atoms with Crippen molar-refractivity contribution in [2.45, 2.75) is 44.7 Å². The Hall–Kier alpha value is -3.24. The fourth-order valence-electron chi connectivity index (χ4n) is 5.27. The number of unbranched alkanes of at least 4 members (excludes halogenated alkanes) is 2. The molecule has 0 spiro atoms. The Morgan fingerprint density at radius 2 is 2.00 bits per heavy atom. The summed E-state index contributed by atoms with van der Waals surface area (Å²) in [6.45, 7) is 2.68. The molecule has 1 fully saturated rings. The van der Waals surface area contributed by atoms with Gasteiger partial charge in [-0.25, -0.2) is 8.42 Å². The molecular weight excluding hydrogens is 530 g/mol. The van der Waals surface area contributed by atoms with E-state index in [-0.39, 0.29) is 28.9 Å². The Bertz CT molecular complexity index is 1470. The highest BCUT2D eigenvalue weighted by Crippen LogP contribution is 2.48. The number of nitrogens with one attached hydrogen (secondary N) is 1. The third-order valence-electron chi connectivity index (χ3n) is 7.13. The summed E-state index contributed by atoms with van der Waals surface area (Å²) in [6.07, 6.45) is 3.41. The van der Waals surface area contributed by atoms with E-state index in [2.05, 4.69) is 17.1 Å². The fourth-order valence-corrected chi connectivity index (χ4v) is 7.16. The Morgan fingerprint density at radius 1 is 1.18 bits per heavy atom. The molecule has 1 saturated heterocycles. The van der Waals surface area contributed by atoms with Crippen molar-refractivity contribution in [3.63, 3.8) is 0 Å². The van der Waals surface area contributed by atoms with Gasteiger partial charge in [-0.15, -0.1) is 0 Å². The molecule has 2 atom stereocenters. The molecule has 2 aliphatic rings. The topological polar surface area (TPSA) is 122 Å². The predicted octanol–water partition coefficient (Wildman–Crippen LogP) is 4.75. The van der Waals surface area contributed by atoms with E-state index in [4.69, 9.17) is 21.1 Å². The molecule has 9 nitrogen and oxygen atoms in total. The van der Waals surface area contributed by atoms with Crippen molar-refractivity contribution in [2.75, 3.05) is 25.2 Å². The zero-order valence-corrected chi connectivity index (χ0v) is 22.8. The fraction of sp³-hybridized carbons (Fsp3) is 0.407. The summed E-state index contributed by atoms with van der Waals surface area (Å²) in [7, 11) is -1.71. The molecule has 0 radical (unpaired) electrons. The molecule has 3 heterocycles. The van der Waals surface area contributed by atoms with E-state index in [1.807, 2.05) is 18.2 Å². The van der Waals surface area contributed by atoms with Crippen molar-refractivity contribution >= 4 is 27.3 Å². The molecule has 1 aromatic heterocycles. The first-order valence-corrected chi connectivity index (χ1v) is 14.8. The zero-order chi connectivity index (χ0) is 27.0. The first kappa shape index (κ1) is 26.4. The minimum Gasteiger partial charge on any atom is -0.507 e. The zero-order valence-electron chi connectivity index (χ0n) is 21.2. The number of ether oxygens (including phenoxy) is 2. The SMILES string of the molecule is CCCCCOc1ccc(C2c3c(-c4cc(Cl)ccc4O)n[nH]c3C(=O)N2C2CCS(=O)(=O)C2)cc1OC. The summed E-state index contributed by atoms with van der Waals surface area (Å²) < 4.78 is 36.3. The number of sulfone groups is 1. The van der Waals surface area contributed by atoms with Gasteiger partial charge >= 0.3 is 0 Å². The Kier molecular flexibility index (Phi) is 7.28. The summed E-state index contributed by atoms with van der Waals surface area (Å²) in [6, 6.07) is 8.94. The Balaban J connectivity index is 1.61. The Labute approximate surface area is 226 Å². The van der Waals surface area contributed by atoms with Crippen molar-refractivity contribution in [3.8, 4) is 28.5 Å². The van der Waals surface area contributed by atoms with Crippen LogP contribution in [0.25, 0.3) is 11.3 Å². The number of H-pyrrole nitrogens is 1.